The van der Waals surface area contributed by atoms with E-state index in [0.717, 1.165) is 22.6 Å². The van der Waals surface area contributed by atoms with Crippen LogP contribution in [0.2, 0.25) is 0 Å². The molecule has 20 heavy (non-hydrogen) atoms. The number of methoxy groups -OCH3 is 1. The van der Waals surface area contributed by atoms with Gasteiger partial charge in [-0.25, -0.2) is 0 Å². The van der Waals surface area contributed by atoms with E-state index in [1.807, 2.05) is 19.1 Å². The molecule has 0 aliphatic heterocycles. The molecule has 0 atom stereocenters. The van der Waals surface area contributed by atoms with Crippen molar-refractivity contribution in [1.82, 2.24) is 0 Å². The number of nitrogens with zero attached hydrogens (tertiary/aromatic N) is 1. The van der Waals surface area contributed by atoms with Gasteiger partial charge in [0.15, 0.2) is 0 Å². The quantitative estimate of drug-likeness (QED) is 0.668. The van der Waals surface area contributed by atoms with Crippen LogP contribution in [0.1, 0.15) is 11.1 Å². The lowest BCUT2D eigenvalue weighted by molar-refractivity contribution is -0.384. The monoisotopic (exact) mass is 272 g/mol. The number of benzene rings is 2. The molecular formula is C15H16N2O3. The second-order valence-electron chi connectivity index (χ2n) is 4.46. The van der Waals surface area contributed by atoms with Gasteiger partial charge in [-0.1, -0.05) is 12.1 Å². The fraction of sp³-hybridized carbons (Fsp3) is 0.200. The maximum absolute atomic E-state index is 10.6. The maximum Gasteiger partial charge on any atom is 0.269 e. The number of nitrogens with one attached hydrogen (secondary N) is 1. The van der Waals surface area contributed by atoms with Gasteiger partial charge in [0.05, 0.1) is 12.0 Å². The summed E-state index contributed by atoms with van der Waals surface area (Å²) in [7, 11) is 1.65. The molecular weight excluding hydrogens is 256 g/mol. The minimum Gasteiger partial charge on any atom is -0.496 e. The summed E-state index contributed by atoms with van der Waals surface area (Å²) in [4.78, 5) is 10.2. The fourth-order valence-corrected chi connectivity index (χ4v) is 1.96. The lowest BCUT2D eigenvalue weighted by Gasteiger charge is -2.09. The Morgan fingerprint density at radius 3 is 2.45 bits per heavy atom. The van der Waals surface area contributed by atoms with Crippen LogP contribution in [0.25, 0.3) is 0 Å². The Balaban J connectivity index is 2.01. The summed E-state index contributed by atoms with van der Waals surface area (Å²) < 4.78 is 5.21. The number of anilines is 1. The highest BCUT2D eigenvalue weighted by atomic mass is 16.6. The first kappa shape index (κ1) is 13.9. The van der Waals surface area contributed by atoms with E-state index in [9.17, 15) is 10.1 Å². The number of nitro groups is 1. The summed E-state index contributed by atoms with van der Waals surface area (Å²) in [6.45, 7) is 2.65. The molecule has 5 nitrogen and oxygen atoms in total. The second-order valence-corrected chi connectivity index (χ2v) is 4.46. The Kier molecular flexibility index (Phi) is 4.20. The van der Waals surface area contributed by atoms with Gasteiger partial charge in [0, 0.05) is 24.4 Å². The molecule has 0 aliphatic rings. The molecule has 0 aliphatic carbocycles. The van der Waals surface area contributed by atoms with Crippen molar-refractivity contribution in [1.29, 1.82) is 0 Å². The Bertz CT molecular complexity index is 609. The highest BCUT2D eigenvalue weighted by Gasteiger charge is 2.04. The van der Waals surface area contributed by atoms with Crippen molar-refractivity contribution in [3.8, 4) is 5.75 Å². The van der Waals surface area contributed by atoms with Crippen LogP contribution in [0, 0.1) is 17.0 Å². The van der Waals surface area contributed by atoms with Crippen molar-refractivity contribution in [2.45, 2.75) is 13.5 Å². The second kappa shape index (κ2) is 6.06. The maximum atomic E-state index is 10.6. The van der Waals surface area contributed by atoms with Gasteiger partial charge in [0.2, 0.25) is 0 Å². The third-order valence-corrected chi connectivity index (χ3v) is 3.03. The van der Waals surface area contributed by atoms with Crippen molar-refractivity contribution < 1.29 is 9.66 Å². The van der Waals surface area contributed by atoms with Crippen LogP contribution in [0.3, 0.4) is 0 Å². The normalized spacial score (nSPS) is 10.1. The first-order chi connectivity index (χ1) is 9.60. The van der Waals surface area contributed by atoms with E-state index in [2.05, 4.69) is 11.4 Å². The van der Waals surface area contributed by atoms with Gasteiger partial charge >= 0.3 is 0 Å². The minimum atomic E-state index is -0.406. The molecule has 0 bridgehead atoms. The Morgan fingerprint density at radius 2 is 1.90 bits per heavy atom. The van der Waals surface area contributed by atoms with Crippen LogP contribution >= 0.6 is 0 Å². The minimum absolute atomic E-state index is 0.0934. The van der Waals surface area contributed by atoms with Gasteiger partial charge in [-0.15, -0.1) is 0 Å². The Hall–Kier alpha value is -2.56. The topological polar surface area (TPSA) is 64.4 Å². The van der Waals surface area contributed by atoms with Crippen LogP contribution in [0.15, 0.2) is 42.5 Å². The molecule has 0 aromatic heterocycles. The van der Waals surface area contributed by atoms with E-state index >= 15 is 0 Å². The van der Waals surface area contributed by atoms with Crippen LogP contribution in [-0.2, 0) is 6.54 Å². The zero-order chi connectivity index (χ0) is 14.5. The zero-order valence-electron chi connectivity index (χ0n) is 11.4. The number of hydrogen-bond acceptors (Lipinski definition) is 4. The fourth-order valence-electron chi connectivity index (χ4n) is 1.96. The van der Waals surface area contributed by atoms with Gasteiger partial charge in [0.25, 0.3) is 5.69 Å². The summed E-state index contributed by atoms with van der Waals surface area (Å²) in [5, 5.41) is 13.8. The van der Waals surface area contributed by atoms with Crippen molar-refractivity contribution in [3.63, 3.8) is 0 Å². The van der Waals surface area contributed by atoms with Crippen molar-refractivity contribution in [2.24, 2.45) is 0 Å². The zero-order valence-corrected chi connectivity index (χ0v) is 11.4. The van der Waals surface area contributed by atoms with E-state index < -0.39 is 4.92 Å². The molecule has 0 unspecified atom stereocenters. The van der Waals surface area contributed by atoms with E-state index in [1.165, 1.54) is 12.1 Å². The van der Waals surface area contributed by atoms with Crippen molar-refractivity contribution in [3.05, 3.63) is 63.7 Å². The largest absolute Gasteiger partial charge is 0.496 e. The molecule has 0 amide bonds. The third kappa shape index (κ3) is 3.26. The van der Waals surface area contributed by atoms with Crippen molar-refractivity contribution >= 4 is 11.4 Å². The van der Waals surface area contributed by atoms with E-state index in [1.54, 1.807) is 19.2 Å². The van der Waals surface area contributed by atoms with Gasteiger partial charge in [-0.05, 0) is 36.2 Å². The number of hydrogen-bond donors (Lipinski definition) is 1. The highest BCUT2D eigenvalue weighted by Crippen LogP contribution is 2.20. The van der Waals surface area contributed by atoms with E-state index in [4.69, 9.17) is 4.74 Å². The Labute approximate surface area is 117 Å². The molecule has 104 valence electrons. The first-order valence-corrected chi connectivity index (χ1v) is 6.22. The third-order valence-electron chi connectivity index (χ3n) is 3.03. The number of ether oxygens (including phenoxy) is 1. The lowest BCUT2D eigenvalue weighted by Crippen LogP contribution is -2.00. The predicted octanol–water partition coefficient (Wildman–Crippen LogP) is 3.52. The summed E-state index contributed by atoms with van der Waals surface area (Å²) in [6.07, 6.45) is 0. The van der Waals surface area contributed by atoms with Gasteiger partial charge in [-0.2, -0.15) is 0 Å². The summed E-state index contributed by atoms with van der Waals surface area (Å²) in [5.41, 5.74) is 3.15. The molecule has 5 heteroatoms. The molecule has 0 saturated carbocycles. The molecule has 0 spiro atoms. The standard InChI is InChI=1S/C15H16N2O3/c1-11-9-12(3-8-15(11)20-2)10-16-13-4-6-14(7-5-13)17(18)19/h3-9,16H,10H2,1-2H3. The van der Waals surface area contributed by atoms with Gasteiger partial charge < -0.3 is 10.1 Å². The van der Waals surface area contributed by atoms with Gasteiger partial charge in [0.1, 0.15) is 5.75 Å². The van der Waals surface area contributed by atoms with Crippen LogP contribution in [-0.4, -0.2) is 12.0 Å². The van der Waals surface area contributed by atoms with Crippen molar-refractivity contribution in [2.75, 3.05) is 12.4 Å². The molecule has 1 N–H and O–H groups in total. The number of aryl methyl sites for hydroxylation is 1. The molecule has 2 aromatic rings. The Morgan fingerprint density at radius 1 is 1.20 bits per heavy atom. The van der Waals surface area contributed by atoms with Crippen LogP contribution in [0.4, 0.5) is 11.4 Å². The number of non-ortho nitro benzene ring substituents is 1. The van der Waals surface area contributed by atoms with E-state index in [0.29, 0.717) is 6.54 Å². The predicted molar refractivity (Wildman–Crippen MR) is 78.2 cm³/mol. The van der Waals surface area contributed by atoms with Crippen LogP contribution < -0.4 is 10.1 Å². The summed E-state index contributed by atoms with van der Waals surface area (Å²) >= 11 is 0. The average Bonchev–Trinajstić information content (AvgIpc) is 2.45. The summed E-state index contributed by atoms with van der Waals surface area (Å²) in [6, 6.07) is 12.4. The molecule has 2 aromatic carbocycles. The number of nitro benzene ring substituents is 1. The summed E-state index contributed by atoms with van der Waals surface area (Å²) in [5.74, 6) is 0.865. The molecule has 0 heterocycles. The average molecular weight is 272 g/mol. The highest BCUT2D eigenvalue weighted by molar-refractivity contribution is 5.49. The lowest BCUT2D eigenvalue weighted by atomic mass is 10.1. The first-order valence-electron chi connectivity index (χ1n) is 6.22. The van der Waals surface area contributed by atoms with E-state index in [-0.39, 0.29) is 5.69 Å². The molecule has 0 saturated heterocycles. The van der Waals surface area contributed by atoms with Gasteiger partial charge in [-0.3, -0.25) is 10.1 Å². The molecule has 2 rings (SSSR count). The number of rotatable bonds is 5. The molecule has 0 fully saturated rings. The van der Waals surface area contributed by atoms with Crippen LogP contribution in [0.5, 0.6) is 5.75 Å². The SMILES string of the molecule is COc1ccc(CNc2ccc([N+](=O)[O-])cc2)cc1C. The smallest absolute Gasteiger partial charge is 0.269 e. The molecule has 0 radical (unpaired) electrons.